The van der Waals surface area contributed by atoms with E-state index in [0.717, 1.165) is 17.7 Å². The van der Waals surface area contributed by atoms with Gasteiger partial charge in [0.1, 0.15) is 23.4 Å². The highest BCUT2D eigenvalue weighted by atomic mass is 16.7. The summed E-state index contributed by atoms with van der Waals surface area (Å²) in [4.78, 5) is 38.5. The predicted octanol–water partition coefficient (Wildman–Crippen LogP) is 5.84. The molecule has 0 bridgehead atoms. The molecule has 0 N–H and O–H groups in total. The minimum absolute atomic E-state index is 0.298. The number of hydrogen-bond acceptors (Lipinski definition) is 7. The summed E-state index contributed by atoms with van der Waals surface area (Å²) in [6.45, 7) is 17.0. The van der Waals surface area contributed by atoms with Crippen LogP contribution in [0.25, 0.3) is 0 Å². The number of hydrogen-bond donors (Lipinski definition) is 0. The normalized spacial score (nSPS) is 13.5. The molecule has 8 nitrogen and oxygen atoms in total. The Morgan fingerprint density at radius 2 is 1.23 bits per heavy atom. The van der Waals surface area contributed by atoms with E-state index in [0.29, 0.717) is 0 Å². The van der Waals surface area contributed by atoms with E-state index in [1.165, 1.54) is 0 Å². The van der Waals surface area contributed by atoms with Crippen LogP contribution < -0.4 is 0 Å². The second-order valence-corrected chi connectivity index (χ2v) is 9.89. The van der Waals surface area contributed by atoms with Gasteiger partial charge in [0.05, 0.1) is 6.04 Å². The van der Waals surface area contributed by atoms with Crippen molar-refractivity contribution < 1.29 is 33.3 Å². The summed E-state index contributed by atoms with van der Waals surface area (Å²) >= 11 is 0. The van der Waals surface area contributed by atoms with Crippen LogP contribution in [0.15, 0.2) is 12.2 Å². The fourth-order valence-corrected chi connectivity index (χ4v) is 2.04. The molecule has 2 amide bonds. The molecule has 0 aliphatic carbocycles. The molecule has 0 rings (SSSR count). The molecule has 0 saturated carbocycles. The summed E-state index contributed by atoms with van der Waals surface area (Å²) in [6.07, 6.45) is 2.34. The third-order valence-electron chi connectivity index (χ3n) is 3.09. The van der Waals surface area contributed by atoms with Crippen LogP contribution in [0.5, 0.6) is 0 Å². The molecule has 30 heavy (non-hydrogen) atoms. The molecule has 0 spiro atoms. The maximum absolute atomic E-state index is 12.8. The molecule has 0 aromatic rings. The Hall–Kier alpha value is -2.25. The van der Waals surface area contributed by atoms with Crippen molar-refractivity contribution in [2.45, 2.75) is 105 Å². The first kappa shape index (κ1) is 27.8. The van der Waals surface area contributed by atoms with Crippen molar-refractivity contribution in [1.82, 2.24) is 4.90 Å². The van der Waals surface area contributed by atoms with Crippen molar-refractivity contribution in [2.24, 2.45) is 0 Å². The van der Waals surface area contributed by atoms with Gasteiger partial charge in [0.15, 0.2) is 0 Å². The van der Waals surface area contributed by atoms with Crippen molar-refractivity contribution in [2.75, 3.05) is 6.61 Å². The highest BCUT2D eigenvalue weighted by Crippen LogP contribution is 2.18. The number of nitrogens with zero attached hydrogens (tertiary/aromatic N) is 1. The van der Waals surface area contributed by atoms with Gasteiger partial charge in [0.25, 0.3) is 0 Å². The summed E-state index contributed by atoms with van der Waals surface area (Å²) in [5.41, 5.74) is -2.40. The lowest BCUT2D eigenvalue weighted by Crippen LogP contribution is -2.50. The zero-order valence-electron chi connectivity index (χ0n) is 20.2. The zero-order valence-corrected chi connectivity index (χ0v) is 20.2. The highest BCUT2D eigenvalue weighted by molar-refractivity contribution is 5.89. The summed E-state index contributed by atoms with van der Waals surface area (Å²) in [5.74, 6) is 0. The minimum Gasteiger partial charge on any atom is -0.443 e. The van der Waals surface area contributed by atoms with Gasteiger partial charge < -0.3 is 18.9 Å². The molecule has 0 aromatic heterocycles. The fraction of sp³-hybridized carbons (Fsp3) is 0.773. The first-order chi connectivity index (χ1) is 13.4. The molecule has 0 aliphatic rings. The average molecular weight is 430 g/mol. The van der Waals surface area contributed by atoms with E-state index in [4.69, 9.17) is 18.9 Å². The number of allylic oxidation sites excluding steroid dienone is 1. The molecule has 0 heterocycles. The van der Waals surface area contributed by atoms with E-state index in [9.17, 15) is 14.4 Å². The van der Waals surface area contributed by atoms with E-state index in [1.807, 2.05) is 13.0 Å². The lowest BCUT2D eigenvalue weighted by atomic mass is 10.2. The van der Waals surface area contributed by atoms with E-state index in [1.54, 1.807) is 68.4 Å². The van der Waals surface area contributed by atoms with Crippen LogP contribution in [-0.4, -0.2) is 52.7 Å². The summed E-state index contributed by atoms with van der Waals surface area (Å²) in [5, 5.41) is 0. The van der Waals surface area contributed by atoms with Crippen LogP contribution in [0.2, 0.25) is 0 Å². The van der Waals surface area contributed by atoms with Crippen LogP contribution in [-0.2, 0) is 18.9 Å². The number of rotatable bonds is 6. The lowest BCUT2D eigenvalue weighted by Gasteiger charge is -2.32. The smallest absolute Gasteiger partial charge is 0.443 e. The molecule has 8 heteroatoms. The predicted molar refractivity (Wildman–Crippen MR) is 114 cm³/mol. The highest BCUT2D eigenvalue weighted by Gasteiger charge is 2.36. The summed E-state index contributed by atoms with van der Waals surface area (Å²) in [7, 11) is 0. The van der Waals surface area contributed by atoms with Gasteiger partial charge in [-0.2, -0.15) is 0 Å². The van der Waals surface area contributed by atoms with Gasteiger partial charge >= 0.3 is 18.3 Å². The molecule has 0 fully saturated rings. The van der Waals surface area contributed by atoms with Crippen molar-refractivity contribution >= 4 is 18.3 Å². The van der Waals surface area contributed by atoms with Gasteiger partial charge in [0, 0.05) is 0 Å². The molecule has 1 atom stereocenters. The molecule has 0 aliphatic heterocycles. The lowest BCUT2D eigenvalue weighted by molar-refractivity contribution is -0.0275. The fourth-order valence-electron chi connectivity index (χ4n) is 2.04. The SMILES string of the molecule is CCC/C=C\[C@H](COC(=O)OC(C)(C)C)N(C(=O)OC(C)(C)C)C(=O)OC(C)(C)C. The first-order valence-electron chi connectivity index (χ1n) is 10.2. The van der Waals surface area contributed by atoms with E-state index < -0.39 is 41.2 Å². The number of amides is 2. The molecule has 0 radical (unpaired) electrons. The van der Waals surface area contributed by atoms with Crippen LogP contribution in [0.3, 0.4) is 0 Å². The third-order valence-corrected chi connectivity index (χ3v) is 3.09. The monoisotopic (exact) mass is 429 g/mol. The van der Waals surface area contributed by atoms with Gasteiger partial charge in [-0.15, -0.1) is 0 Å². The van der Waals surface area contributed by atoms with Crippen molar-refractivity contribution in [1.29, 1.82) is 0 Å². The number of ether oxygens (including phenoxy) is 4. The van der Waals surface area contributed by atoms with Gasteiger partial charge in [-0.25, -0.2) is 19.3 Å². The maximum atomic E-state index is 12.8. The van der Waals surface area contributed by atoms with Gasteiger partial charge in [-0.1, -0.05) is 25.5 Å². The minimum atomic E-state index is -0.922. The first-order valence-corrected chi connectivity index (χ1v) is 10.2. The quantitative estimate of drug-likeness (QED) is 0.298. The Morgan fingerprint density at radius 3 is 1.60 bits per heavy atom. The summed E-state index contributed by atoms with van der Waals surface area (Å²) in [6, 6.07) is -0.922. The molecular formula is C22H39NO7. The Bertz CT molecular complexity index is 578. The number of imide groups is 1. The van der Waals surface area contributed by atoms with Crippen LogP contribution in [0, 0.1) is 0 Å². The Kier molecular flexibility index (Phi) is 10.4. The van der Waals surface area contributed by atoms with Crippen LogP contribution in [0.1, 0.15) is 82.1 Å². The Labute approximate surface area is 180 Å². The Morgan fingerprint density at radius 1 is 0.800 bits per heavy atom. The Balaban J connectivity index is 5.78. The molecule has 0 unspecified atom stereocenters. The standard InChI is InChI=1S/C22H39NO7/c1-11-12-13-14-16(15-27-19(26)30-22(8,9)10)23(17(24)28-20(2,3)4)18(25)29-21(5,6)7/h13-14,16H,11-12,15H2,1-10H3/b14-13-/t16-/m1/s1. The van der Waals surface area contributed by atoms with E-state index >= 15 is 0 Å². The average Bonchev–Trinajstić information content (AvgIpc) is 2.47. The maximum Gasteiger partial charge on any atom is 0.508 e. The second kappa shape index (κ2) is 11.2. The van der Waals surface area contributed by atoms with Gasteiger partial charge in [-0.05, 0) is 68.7 Å². The molecular weight excluding hydrogens is 390 g/mol. The third kappa shape index (κ3) is 13.1. The van der Waals surface area contributed by atoms with Crippen molar-refractivity contribution in [3.8, 4) is 0 Å². The number of unbranched alkanes of at least 4 members (excludes halogenated alkanes) is 1. The number of carbonyl (C=O) groups excluding carboxylic acids is 3. The molecule has 0 aromatic carbocycles. The summed E-state index contributed by atoms with van der Waals surface area (Å²) < 4.78 is 21.1. The van der Waals surface area contributed by atoms with Crippen LogP contribution in [0.4, 0.5) is 14.4 Å². The van der Waals surface area contributed by atoms with E-state index in [-0.39, 0.29) is 6.61 Å². The van der Waals surface area contributed by atoms with Crippen LogP contribution >= 0.6 is 0 Å². The van der Waals surface area contributed by atoms with Gasteiger partial charge in [0.2, 0.25) is 0 Å². The molecule has 0 saturated heterocycles. The van der Waals surface area contributed by atoms with E-state index in [2.05, 4.69) is 0 Å². The zero-order chi connectivity index (χ0) is 23.8. The van der Waals surface area contributed by atoms with Crippen molar-refractivity contribution in [3.05, 3.63) is 12.2 Å². The van der Waals surface area contributed by atoms with Crippen molar-refractivity contribution in [3.63, 3.8) is 0 Å². The number of carbonyl (C=O) groups is 3. The molecule has 174 valence electrons. The second-order valence-electron chi connectivity index (χ2n) is 9.89. The van der Waals surface area contributed by atoms with Gasteiger partial charge in [-0.3, -0.25) is 0 Å². The largest absolute Gasteiger partial charge is 0.508 e. The topological polar surface area (TPSA) is 91.4 Å².